The van der Waals surface area contributed by atoms with Crippen LogP contribution in [0.2, 0.25) is 0 Å². The van der Waals surface area contributed by atoms with E-state index in [9.17, 15) is 24.8 Å². The van der Waals surface area contributed by atoms with Crippen LogP contribution < -0.4 is 9.64 Å². The van der Waals surface area contributed by atoms with Crippen molar-refractivity contribution in [2.24, 2.45) is 0 Å². The largest absolute Gasteiger partial charge is 0.507 e. The van der Waals surface area contributed by atoms with E-state index in [-0.39, 0.29) is 22.2 Å². The van der Waals surface area contributed by atoms with Gasteiger partial charge in [0, 0.05) is 29.3 Å². The molecule has 1 aliphatic heterocycles. The Balaban J connectivity index is 1.95. The van der Waals surface area contributed by atoms with Crippen molar-refractivity contribution in [3.05, 3.63) is 86.4 Å². The summed E-state index contributed by atoms with van der Waals surface area (Å²) in [7, 11) is 1.52. The zero-order valence-corrected chi connectivity index (χ0v) is 17.8. The first-order valence-corrected chi connectivity index (χ1v) is 10.3. The molecular formula is C22H17N3O6S. The number of nitrogens with zero attached hydrogens (tertiary/aromatic N) is 3. The van der Waals surface area contributed by atoms with Crippen LogP contribution in [0.3, 0.4) is 0 Å². The molecule has 1 aliphatic rings. The van der Waals surface area contributed by atoms with E-state index in [1.165, 1.54) is 31.5 Å². The second-order valence-electron chi connectivity index (χ2n) is 7.02. The number of amides is 1. The number of carbonyl (C=O) groups excluding carboxylic acids is 2. The summed E-state index contributed by atoms with van der Waals surface area (Å²) in [4.78, 5) is 42.1. The van der Waals surface area contributed by atoms with Gasteiger partial charge in [0.15, 0.2) is 5.13 Å². The minimum Gasteiger partial charge on any atom is -0.507 e. The number of benzene rings is 2. The molecule has 1 fully saturated rings. The Morgan fingerprint density at radius 1 is 1.25 bits per heavy atom. The van der Waals surface area contributed by atoms with Crippen molar-refractivity contribution in [2.45, 2.75) is 13.0 Å². The van der Waals surface area contributed by atoms with Gasteiger partial charge >= 0.3 is 5.91 Å². The lowest BCUT2D eigenvalue weighted by atomic mass is 9.94. The normalized spacial score (nSPS) is 17.6. The van der Waals surface area contributed by atoms with Gasteiger partial charge in [-0.25, -0.2) is 4.98 Å². The average molecular weight is 451 g/mol. The fourth-order valence-electron chi connectivity index (χ4n) is 3.67. The quantitative estimate of drug-likeness (QED) is 0.204. The minimum atomic E-state index is -1.08. The Morgan fingerprint density at radius 3 is 2.66 bits per heavy atom. The summed E-state index contributed by atoms with van der Waals surface area (Å²) in [6, 6.07) is 9.39. The molecule has 162 valence electrons. The van der Waals surface area contributed by atoms with Gasteiger partial charge in [0.25, 0.3) is 11.5 Å². The summed E-state index contributed by atoms with van der Waals surface area (Å²) in [5.74, 6) is -1.56. The molecule has 2 heterocycles. The SMILES string of the molecule is COc1ccc(/C(O)=C2/C(=O)C(=O)N(c3nccs3)C2c2cccc([N+](=O)[O-])c2)cc1C. The average Bonchev–Trinajstić information content (AvgIpc) is 3.40. The summed E-state index contributed by atoms with van der Waals surface area (Å²) in [6.07, 6.45) is 1.48. The number of ketones is 1. The van der Waals surface area contributed by atoms with Crippen LogP contribution in [0.5, 0.6) is 5.75 Å². The van der Waals surface area contributed by atoms with Gasteiger partial charge in [-0.05, 0) is 36.2 Å². The molecule has 10 heteroatoms. The number of methoxy groups -OCH3 is 1. The van der Waals surface area contributed by atoms with Crippen LogP contribution in [-0.4, -0.2) is 33.8 Å². The van der Waals surface area contributed by atoms with Crippen LogP contribution >= 0.6 is 11.3 Å². The van der Waals surface area contributed by atoms with Gasteiger partial charge in [-0.2, -0.15) is 0 Å². The van der Waals surface area contributed by atoms with Gasteiger partial charge in [0.1, 0.15) is 11.5 Å². The predicted molar refractivity (Wildman–Crippen MR) is 118 cm³/mol. The molecule has 0 saturated carbocycles. The Hall–Kier alpha value is -4.05. The second kappa shape index (κ2) is 8.23. The molecule has 4 rings (SSSR count). The van der Waals surface area contributed by atoms with Crippen molar-refractivity contribution >= 4 is 39.6 Å². The van der Waals surface area contributed by atoms with Crippen LogP contribution in [0.15, 0.2) is 59.6 Å². The molecule has 32 heavy (non-hydrogen) atoms. The van der Waals surface area contributed by atoms with Crippen molar-refractivity contribution in [3.63, 3.8) is 0 Å². The Bertz CT molecular complexity index is 1270. The van der Waals surface area contributed by atoms with Crippen LogP contribution in [-0.2, 0) is 9.59 Å². The molecule has 3 aromatic rings. The number of rotatable bonds is 5. The third-order valence-corrected chi connectivity index (χ3v) is 5.91. The third kappa shape index (κ3) is 3.50. The zero-order valence-electron chi connectivity index (χ0n) is 17.0. The highest BCUT2D eigenvalue weighted by Crippen LogP contribution is 2.43. The van der Waals surface area contributed by atoms with Crippen LogP contribution in [0.4, 0.5) is 10.8 Å². The van der Waals surface area contributed by atoms with E-state index in [4.69, 9.17) is 4.74 Å². The van der Waals surface area contributed by atoms with Crippen molar-refractivity contribution < 1.29 is 24.4 Å². The molecule has 1 unspecified atom stereocenters. The van der Waals surface area contributed by atoms with E-state index < -0.39 is 22.7 Å². The number of hydrogen-bond acceptors (Lipinski definition) is 8. The summed E-state index contributed by atoms with van der Waals surface area (Å²) < 4.78 is 5.24. The number of Topliss-reactive ketones (excluding diaryl/α,β-unsaturated/α-hetero) is 1. The monoisotopic (exact) mass is 451 g/mol. The number of hydrogen-bond donors (Lipinski definition) is 1. The highest BCUT2D eigenvalue weighted by molar-refractivity contribution is 7.14. The lowest BCUT2D eigenvalue weighted by Crippen LogP contribution is -2.29. The van der Waals surface area contributed by atoms with Crippen molar-refractivity contribution in [2.75, 3.05) is 12.0 Å². The number of ether oxygens (including phenoxy) is 1. The van der Waals surface area contributed by atoms with E-state index in [1.807, 2.05) is 0 Å². The molecule has 0 radical (unpaired) electrons. The summed E-state index contributed by atoms with van der Waals surface area (Å²) >= 11 is 1.14. The van der Waals surface area contributed by atoms with E-state index in [0.29, 0.717) is 16.9 Å². The minimum absolute atomic E-state index is 0.171. The van der Waals surface area contributed by atoms with E-state index in [1.54, 1.807) is 36.6 Å². The van der Waals surface area contributed by atoms with Crippen molar-refractivity contribution in [3.8, 4) is 5.75 Å². The first kappa shape index (κ1) is 21.2. The van der Waals surface area contributed by atoms with Gasteiger partial charge in [0.2, 0.25) is 0 Å². The fourth-order valence-corrected chi connectivity index (χ4v) is 4.34. The highest BCUT2D eigenvalue weighted by atomic mass is 32.1. The van der Waals surface area contributed by atoms with E-state index in [2.05, 4.69) is 4.98 Å². The number of anilines is 1. The standard InChI is InChI=1S/C22H17N3O6S/c1-12-10-14(6-7-16(12)31-2)19(26)17-18(13-4-3-5-15(11-13)25(29)30)24(21(28)20(17)27)22-23-8-9-32-22/h3-11,18,26H,1-2H3/b19-17-. The van der Waals surface area contributed by atoms with Crippen LogP contribution in [0, 0.1) is 17.0 Å². The number of carbonyl (C=O) groups is 2. The highest BCUT2D eigenvalue weighted by Gasteiger charge is 2.48. The van der Waals surface area contributed by atoms with Gasteiger partial charge in [-0.1, -0.05) is 12.1 Å². The maximum atomic E-state index is 13.0. The van der Waals surface area contributed by atoms with E-state index in [0.717, 1.165) is 21.8 Å². The zero-order chi connectivity index (χ0) is 23.0. The summed E-state index contributed by atoms with van der Waals surface area (Å²) in [6.45, 7) is 1.78. The fraction of sp³-hybridized carbons (Fsp3) is 0.136. The molecule has 1 amide bonds. The molecule has 1 N–H and O–H groups in total. The Labute approximate surface area is 186 Å². The number of nitro groups is 1. The first-order chi connectivity index (χ1) is 15.3. The van der Waals surface area contributed by atoms with Gasteiger partial charge in [-0.3, -0.25) is 24.6 Å². The molecule has 1 atom stereocenters. The number of aromatic nitrogens is 1. The summed E-state index contributed by atoms with van der Waals surface area (Å²) in [5, 5.41) is 24.3. The van der Waals surface area contributed by atoms with Crippen molar-refractivity contribution in [1.29, 1.82) is 0 Å². The van der Waals surface area contributed by atoms with Crippen LogP contribution in [0.25, 0.3) is 5.76 Å². The number of aryl methyl sites for hydroxylation is 1. The van der Waals surface area contributed by atoms with Gasteiger partial charge in [-0.15, -0.1) is 11.3 Å². The lowest BCUT2D eigenvalue weighted by Gasteiger charge is -2.22. The molecule has 2 aromatic carbocycles. The Morgan fingerprint density at radius 2 is 2.03 bits per heavy atom. The van der Waals surface area contributed by atoms with Gasteiger partial charge < -0.3 is 9.84 Å². The predicted octanol–water partition coefficient (Wildman–Crippen LogP) is 3.99. The maximum Gasteiger partial charge on any atom is 0.301 e. The third-order valence-electron chi connectivity index (χ3n) is 5.13. The number of aliphatic hydroxyl groups excluding tert-OH is 1. The molecule has 0 spiro atoms. The second-order valence-corrected chi connectivity index (χ2v) is 7.89. The number of nitro benzene ring substituents is 1. The molecule has 0 aliphatic carbocycles. The van der Waals surface area contributed by atoms with Crippen molar-refractivity contribution in [1.82, 2.24) is 4.98 Å². The number of non-ortho nitro benzene ring substituents is 1. The maximum absolute atomic E-state index is 13.0. The number of aliphatic hydroxyl groups is 1. The summed E-state index contributed by atoms with van der Waals surface area (Å²) in [5.41, 5.74) is 0.969. The molecule has 1 aromatic heterocycles. The Kier molecular flexibility index (Phi) is 5.45. The van der Waals surface area contributed by atoms with E-state index >= 15 is 0 Å². The first-order valence-electron chi connectivity index (χ1n) is 9.43. The molecule has 0 bridgehead atoms. The molecule has 9 nitrogen and oxygen atoms in total. The smallest absolute Gasteiger partial charge is 0.301 e. The lowest BCUT2D eigenvalue weighted by molar-refractivity contribution is -0.384. The number of thiazole rings is 1. The molecular weight excluding hydrogens is 434 g/mol. The topological polar surface area (TPSA) is 123 Å². The molecule has 1 saturated heterocycles. The van der Waals surface area contributed by atoms with Crippen LogP contribution in [0.1, 0.15) is 22.7 Å². The van der Waals surface area contributed by atoms with Gasteiger partial charge in [0.05, 0.1) is 23.6 Å².